The molecule has 0 N–H and O–H groups in total. The monoisotopic (exact) mass is 321 g/mol. The van der Waals surface area contributed by atoms with E-state index in [1.165, 1.54) is 6.20 Å². The molecule has 0 saturated carbocycles. The molecule has 4 nitrogen and oxygen atoms in total. The topological polar surface area (TPSA) is 67.9 Å². The number of allylic oxidation sites excluding steroid dienone is 2. The van der Waals surface area contributed by atoms with Crippen LogP contribution in [0.15, 0.2) is 36.1 Å². The third-order valence-electron chi connectivity index (χ3n) is 4.04. The minimum absolute atomic E-state index is 0.174. The van der Waals surface area contributed by atoms with Gasteiger partial charge in [-0.15, -0.1) is 0 Å². The number of nitriles is 2. The number of nitrogens with zero attached hydrogens (tertiary/aromatic N) is 3. The van der Waals surface area contributed by atoms with Gasteiger partial charge in [0.25, 0.3) is 0 Å². The number of carbonyl (C=O) groups is 1. The van der Waals surface area contributed by atoms with Gasteiger partial charge < -0.3 is 4.90 Å². The summed E-state index contributed by atoms with van der Waals surface area (Å²) in [6.07, 6.45) is 3.18. The van der Waals surface area contributed by atoms with Crippen LogP contribution in [0.2, 0.25) is 0 Å². The largest absolute Gasteiger partial charge is 0.389 e. The molecule has 1 aliphatic carbocycles. The highest BCUT2D eigenvalue weighted by atomic mass is 19.4. The SMILES string of the molecule is N#CC(C#N)(CCC(F)(F)F)CN1C=C(C=O)C2C=CC=CC21. The first kappa shape index (κ1) is 16.8. The lowest BCUT2D eigenvalue weighted by atomic mass is 9.84. The smallest absolute Gasteiger partial charge is 0.367 e. The summed E-state index contributed by atoms with van der Waals surface area (Å²) in [5.74, 6) is -0.199. The minimum Gasteiger partial charge on any atom is -0.367 e. The molecule has 0 radical (unpaired) electrons. The second-order valence-corrected chi connectivity index (χ2v) is 5.63. The van der Waals surface area contributed by atoms with Gasteiger partial charge in [-0.2, -0.15) is 23.7 Å². The summed E-state index contributed by atoms with van der Waals surface area (Å²) in [5.41, 5.74) is -1.29. The maximum atomic E-state index is 12.4. The molecule has 0 aromatic rings. The van der Waals surface area contributed by atoms with Gasteiger partial charge in [0.1, 0.15) is 6.29 Å². The summed E-state index contributed by atoms with van der Waals surface area (Å²) in [4.78, 5) is 12.7. The lowest BCUT2D eigenvalue weighted by Crippen LogP contribution is -2.39. The number of halogens is 3. The van der Waals surface area contributed by atoms with Crippen molar-refractivity contribution in [2.75, 3.05) is 6.54 Å². The van der Waals surface area contributed by atoms with Gasteiger partial charge in [-0.1, -0.05) is 24.3 Å². The zero-order valence-electron chi connectivity index (χ0n) is 12.1. The molecule has 120 valence electrons. The Hall–Kier alpha value is -2.54. The second-order valence-electron chi connectivity index (χ2n) is 5.63. The molecule has 0 fully saturated rings. The first-order chi connectivity index (χ1) is 10.8. The Bertz CT molecular complexity index is 635. The van der Waals surface area contributed by atoms with E-state index < -0.39 is 24.4 Å². The van der Waals surface area contributed by atoms with Crippen LogP contribution in [0, 0.1) is 34.0 Å². The molecular weight excluding hydrogens is 307 g/mol. The third-order valence-corrected chi connectivity index (χ3v) is 4.04. The van der Waals surface area contributed by atoms with Crippen molar-refractivity contribution in [1.82, 2.24) is 4.90 Å². The molecule has 0 aromatic heterocycles. The lowest BCUT2D eigenvalue weighted by molar-refractivity contribution is -0.138. The van der Waals surface area contributed by atoms with Crippen molar-refractivity contribution in [2.24, 2.45) is 11.3 Å². The standard InChI is InChI=1S/C16H14F3N3O/c17-16(18,19)6-5-15(9-20,10-21)11-22-7-12(8-23)13-3-1-2-4-14(13)22/h1-4,7-8,13-14H,5-6,11H2. The molecule has 7 heteroatoms. The van der Waals surface area contributed by atoms with Crippen molar-refractivity contribution in [3.05, 3.63) is 36.1 Å². The summed E-state index contributed by atoms with van der Waals surface area (Å²) in [6.45, 7) is -0.174. The molecule has 2 atom stereocenters. The van der Waals surface area contributed by atoms with Gasteiger partial charge in [0.05, 0.1) is 18.2 Å². The van der Waals surface area contributed by atoms with Gasteiger partial charge in [-0.25, -0.2) is 0 Å². The van der Waals surface area contributed by atoms with E-state index in [1.54, 1.807) is 35.3 Å². The van der Waals surface area contributed by atoms with Crippen molar-refractivity contribution in [3.63, 3.8) is 0 Å². The van der Waals surface area contributed by atoms with Gasteiger partial charge in [-0.05, 0) is 6.42 Å². The van der Waals surface area contributed by atoms with E-state index in [9.17, 15) is 28.5 Å². The average molecular weight is 321 g/mol. The number of aldehydes is 1. The van der Waals surface area contributed by atoms with E-state index in [2.05, 4.69) is 0 Å². The van der Waals surface area contributed by atoms with Crippen molar-refractivity contribution in [3.8, 4) is 12.1 Å². The number of rotatable bonds is 5. The van der Waals surface area contributed by atoms with Crippen LogP contribution in [-0.2, 0) is 4.79 Å². The highest BCUT2D eigenvalue weighted by Crippen LogP contribution is 2.36. The molecule has 1 aliphatic heterocycles. The molecule has 2 aliphatic rings. The predicted octanol–water partition coefficient (Wildman–Crippen LogP) is 2.87. The molecule has 0 amide bonds. The molecule has 0 aromatic carbocycles. The first-order valence-corrected chi connectivity index (χ1v) is 7.01. The molecule has 2 rings (SSSR count). The maximum absolute atomic E-state index is 12.4. The molecule has 0 saturated heterocycles. The van der Waals surface area contributed by atoms with Crippen LogP contribution in [0.4, 0.5) is 13.2 Å². The Morgan fingerprint density at radius 1 is 1.17 bits per heavy atom. The Balaban J connectivity index is 2.20. The van der Waals surface area contributed by atoms with Crippen LogP contribution in [0.3, 0.4) is 0 Å². The number of carbonyl (C=O) groups excluding carboxylic acids is 1. The van der Waals surface area contributed by atoms with Crippen molar-refractivity contribution >= 4 is 6.29 Å². The normalized spacial score (nSPS) is 23.0. The molecule has 2 unspecified atom stereocenters. The quantitative estimate of drug-likeness (QED) is 0.730. The lowest BCUT2D eigenvalue weighted by Gasteiger charge is -2.32. The van der Waals surface area contributed by atoms with Crippen molar-refractivity contribution < 1.29 is 18.0 Å². The average Bonchev–Trinajstić information content (AvgIpc) is 2.88. The van der Waals surface area contributed by atoms with E-state index in [1.807, 2.05) is 6.08 Å². The van der Waals surface area contributed by atoms with Crippen LogP contribution in [-0.4, -0.2) is 29.9 Å². The second kappa shape index (κ2) is 6.29. The van der Waals surface area contributed by atoms with Crippen molar-refractivity contribution in [1.29, 1.82) is 10.5 Å². The molecule has 23 heavy (non-hydrogen) atoms. The zero-order chi connectivity index (χ0) is 17.1. The van der Waals surface area contributed by atoms with Gasteiger partial charge in [0.2, 0.25) is 0 Å². The Morgan fingerprint density at radius 2 is 1.83 bits per heavy atom. The Labute approximate surface area is 131 Å². The number of alkyl halides is 3. The molecule has 0 bridgehead atoms. The van der Waals surface area contributed by atoms with Crippen LogP contribution < -0.4 is 0 Å². The summed E-state index contributed by atoms with van der Waals surface area (Å²) in [5, 5.41) is 18.5. The summed E-state index contributed by atoms with van der Waals surface area (Å²) in [6, 6.07) is 3.20. The fourth-order valence-corrected chi connectivity index (χ4v) is 2.80. The van der Waals surface area contributed by atoms with E-state index in [4.69, 9.17) is 0 Å². The van der Waals surface area contributed by atoms with Crippen LogP contribution in [0.1, 0.15) is 12.8 Å². The van der Waals surface area contributed by atoms with Gasteiger partial charge >= 0.3 is 6.18 Å². The highest BCUT2D eigenvalue weighted by Gasteiger charge is 2.42. The highest BCUT2D eigenvalue weighted by molar-refractivity contribution is 5.76. The van der Waals surface area contributed by atoms with Gasteiger partial charge in [-0.3, -0.25) is 4.79 Å². The molecule has 1 heterocycles. The summed E-state index contributed by atoms with van der Waals surface area (Å²) in [7, 11) is 0. The Kier molecular flexibility index (Phi) is 4.60. The summed E-state index contributed by atoms with van der Waals surface area (Å²) < 4.78 is 37.3. The van der Waals surface area contributed by atoms with E-state index in [0.29, 0.717) is 11.9 Å². The molecular formula is C16H14F3N3O. The van der Waals surface area contributed by atoms with Crippen LogP contribution in [0.5, 0.6) is 0 Å². The summed E-state index contributed by atoms with van der Waals surface area (Å²) >= 11 is 0. The van der Waals surface area contributed by atoms with E-state index in [0.717, 1.165) is 0 Å². The number of fused-ring (bicyclic) bond motifs is 1. The third kappa shape index (κ3) is 3.62. The fourth-order valence-electron chi connectivity index (χ4n) is 2.80. The fraction of sp³-hybridized carbons (Fsp3) is 0.438. The van der Waals surface area contributed by atoms with E-state index >= 15 is 0 Å². The molecule has 0 spiro atoms. The van der Waals surface area contributed by atoms with Gasteiger partial charge in [0.15, 0.2) is 5.41 Å². The van der Waals surface area contributed by atoms with Crippen molar-refractivity contribution in [2.45, 2.75) is 25.1 Å². The number of hydrogen-bond acceptors (Lipinski definition) is 4. The first-order valence-electron chi connectivity index (χ1n) is 7.01. The van der Waals surface area contributed by atoms with Crippen LogP contribution in [0.25, 0.3) is 0 Å². The van der Waals surface area contributed by atoms with Crippen LogP contribution >= 0.6 is 0 Å². The minimum atomic E-state index is -4.43. The maximum Gasteiger partial charge on any atom is 0.389 e. The number of hydrogen-bond donors (Lipinski definition) is 0. The van der Waals surface area contributed by atoms with Gasteiger partial charge in [0, 0.05) is 30.7 Å². The van der Waals surface area contributed by atoms with E-state index in [-0.39, 0.29) is 18.5 Å². The zero-order valence-corrected chi connectivity index (χ0v) is 12.1. The Morgan fingerprint density at radius 3 is 2.39 bits per heavy atom. The predicted molar refractivity (Wildman–Crippen MR) is 75.4 cm³/mol.